The summed E-state index contributed by atoms with van der Waals surface area (Å²) in [7, 11) is 0. The first-order valence-corrected chi connectivity index (χ1v) is 12.8. The van der Waals surface area contributed by atoms with Gasteiger partial charge in [0, 0.05) is 56.8 Å². The zero-order chi connectivity index (χ0) is 25.2. The largest absolute Gasteiger partial charge is 0.383 e. The Hall–Kier alpha value is -3.82. The number of piperazine rings is 1. The number of imidazole rings is 1. The second-order valence-electron chi connectivity index (χ2n) is 9.72. The van der Waals surface area contributed by atoms with Gasteiger partial charge in [-0.25, -0.2) is 19.3 Å². The highest BCUT2D eigenvalue weighted by Crippen LogP contribution is 2.34. The zero-order valence-electron chi connectivity index (χ0n) is 20.7. The third kappa shape index (κ3) is 4.92. The monoisotopic (exact) mass is 498 g/mol. The van der Waals surface area contributed by atoms with Crippen LogP contribution in [0.3, 0.4) is 0 Å². The fraction of sp³-hybridized carbons (Fsp3) is 0.321. The van der Waals surface area contributed by atoms with Crippen LogP contribution in [-0.2, 0) is 0 Å². The van der Waals surface area contributed by atoms with Gasteiger partial charge in [0.05, 0.1) is 11.9 Å². The van der Waals surface area contributed by atoms with Crippen molar-refractivity contribution in [2.75, 3.05) is 56.4 Å². The molecular formula is C28H31FN8. The maximum Gasteiger partial charge on any atom is 0.142 e. The number of nitrogens with zero attached hydrogens (tertiary/aromatic N) is 7. The number of nitrogen functional groups attached to an aromatic ring is 1. The van der Waals surface area contributed by atoms with E-state index in [1.54, 1.807) is 18.3 Å². The molecule has 0 bridgehead atoms. The Labute approximate surface area is 216 Å². The first kappa shape index (κ1) is 23.6. The normalized spacial score (nSPS) is 17.5. The van der Waals surface area contributed by atoms with Gasteiger partial charge in [0.25, 0.3) is 0 Å². The molecule has 2 aromatic carbocycles. The number of benzene rings is 2. The SMILES string of the molecule is Nc1ncnc(N2CCN(C(CN3CCC3)c3ccc(-n4ccnc4)cc3)CC2)c1-c1ccc(F)cc1. The van der Waals surface area contributed by atoms with Gasteiger partial charge >= 0.3 is 0 Å². The Morgan fingerprint density at radius 2 is 1.65 bits per heavy atom. The molecule has 6 rings (SSSR count). The molecule has 2 fully saturated rings. The number of anilines is 2. The van der Waals surface area contributed by atoms with Gasteiger partial charge in [-0.15, -0.1) is 0 Å². The summed E-state index contributed by atoms with van der Waals surface area (Å²) in [6.45, 7) is 6.85. The molecule has 0 amide bonds. The Kier molecular flexibility index (Phi) is 6.55. The van der Waals surface area contributed by atoms with E-state index in [4.69, 9.17) is 5.73 Å². The van der Waals surface area contributed by atoms with Gasteiger partial charge in [0.1, 0.15) is 23.8 Å². The van der Waals surface area contributed by atoms with Gasteiger partial charge in [0.2, 0.25) is 0 Å². The van der Waals surface area contributed by atoms with Crippen LogP contribution in [0.4, 0.5) is 16.0 Å². The molecule has 0 spiro atoms. The Morgan fingerprint density at radius 1 is 0.892 bits per heavy atom. The number of hydrogen-bond donors (Lipinski definition) is 1. The van der Waals surface area contributed by atoms with Gasteiger partial charge in [-0.2, -0.15) is 0 Å². The molecule has 2 aromatic heterocycles. The van der Waals surface area contributed by atoms with E-state index in [1.165, 1.54) is 43.5 Å². The summed E-state index contributed by atoms with van der Waals surface area (Å²) in [5, 5.41) is 0. The number of halogens is 1. The third-order valence-corrected chi connectivity index (χ3v) is 7.50. The van der Waals surface area contributed by atoms with Crippen LogP contribution in [-0.4, -0.2) is 75.1 Å². The number of hydrogen-bond acceptors (Lipinski definition) is 7. The minimum absolute atomic E-state index is 0.277. The van der Waals surface area contributed by atoms with Gasteiger partial charge in [0.15, 0.2) is 0 Å². The van der Waals surface area contributed by atoms with E-state index in [0.29, 0.717) is 11.9 Å². The van der Waals surface area contributed by atoms with Crippen molar-refractivity contribution in [1.82, 2.24) is 29.3 Å². The van der Waals surface area contributed by atoms with Gasteiger partial charge in [-0.1, -0.05) is 24.3 Å². The van der Waals surface area contributed by atoms with E-state index in [1.807, 2.05) is 17.1 Å². The van der Waals surface area contributed by atoms with Crippen LogP contribution in [0.1, 0.15) is 18.0 Å². The van der Waals surface area contributed by atoms with E-state index in [-0.39, 0.29) is 5.82 Å². The van der Waals surface area contributed by atoms with Crippen molar-refractivity contribution < 1.29 is 4.39 Å². The molecule has 9 heteroatoms. The van der Waals surface area contributed by atoms with Crippen LogP contribution < -0.4 is 10.6 Å². The standard InChI is InChI=1S/C28H31FN8/c29-23-6-2-22(3-7-23)26-27(30)32-19-33-28(26)36-16-14-35(15-17-36)25(18-34-11-1-12-34)21-4-8-24(9-5-21)37-13-10-31-20-37/h2-10,13,19-20,25H,1,11-12,14-18H2,(H2,30,32,33). The molecule has 190 valence electrons. The summed E-state index contributed by atoms with van der Waals surface area (Å²) in [4.78, 5) is 20.4. The van der Waals surface area contributed by atoms with Crippen molar-refractivity contribution in [2.24, 2.45) is 0 Å². The first-order chi connectivity index (χ1) is 18.2. The van der Waals surface area contributed by atoms with Crippen molar-refractivity contribution in [2.45, 2.75) is 12.5 Å². The molecule has 2 saturated heterocycles. The molecule has 0 aliphatic carbocycles. The highest BCUT2D eigenvalue weighted by molar-refractivity contribution is 5.84. The van der Waals surface area contributed by atoms with Crippen molar-refractivity contribution >= 4 is 11.6 Å². The van der Waals surface area contributed by atoms with Crippen molar-refractivity contribution in [3.8, 4) is 16.8 Å². The minimum atomic E-state index is -0.277. The van der Waals surface area contributed by atoms with E-state index < -0.39 is 0 Å². The van der Waals surface area contributed by atoms with Crippen LogP contribution in [0.25, 0.3) is 16.8 Å². The second-order valence-corrected chi connectivity index (χ2v) is 9.72. The van der Waals surface area contributed by atoms with E-state index in [0.717, 1.165) is 55.4 Å². The third-order valence-electron chi connectivity index (χ3n) is 7.50. The topological polar surface area (TPSA) is 79.3 Å². The Balaban J connectivity index is 1.21. The highest BCUT2D eigenvalue weighted by atomic mass is 19.1. The predicted octanol–water partition coefficient (Wildman–Crippen LogP) is 3.62. The number of rotatable bonds is 7. The smallest absolute Gasteiger partial charge is 0.142 e. The Bertz CT molecular complexity index is 1310. The van der Waals surface area contributed by atoms with Gasteiger partial charge < -0.3 is 20.1 Å². The highest BCUT2D eigenvalue weighted by Gasteiger charge is 2.30. The average Bonchev–Trinajstić information content (AvgIpc) is 3.44. The molecule has 37 heavy (non-hydrogen) atoms. The predicted molar refractivity (Wildman–Crippen MR) is 143 cm³/mol. The molecule has 2 aliphatic heterocycles. The van der Waals surface area contributed by atoms with Gasteiger partial charge in [-0.05, 0) is 54.9 Å². The summed E-state index contributed by atoms with van der Waals surface area (Å²) in [5.74, 6) is 0.941. The summed E-state index contributed by atoms with van der Waals surface area (Å²) in [6.07, 6.45) is 8.38. The van der Waals surface area contributed by atoms with Gasteiger partial charge in [-0.3, -0.25) is 4.90 Å². The van der Waals surface area contributed by atoms with Crippen LogP contribution in [0.15, 0.2) is 73.6 Å². The number of aromatic nitrogens is 4. The zero-order valence-corrected chi connectivity index (χ0v) is 20.7. The molecule has 0 saturated carbocycles. The quantitative estimate of drug-likeness (QED) is 0.417. The summed E-state index contributed by atoms with van der Waals surface area (Å²) < 4.78 is 15.6. The molecule has 1 unspecified atom stereocenters. The fourth-order valence-corrected chi connectivity index (χ4v) is 5.29. The molecule has 4 aromatic rings. The lowest BCUT2D eigenvalue weighted by Crippen LogP contribution is -2.51. The molecule has 4 heterocycles. The van der Waals surface area contributed by atoms with Crippen molar-refractivity contribution in [3.63, 3.8) is 0 Å². The van der Waals surface area contributed by atoms with Crippen LogP contribution in [0.5, 0.6) is 0 Å². The number of nitrogens with two attached hydrogens (primary N) is 1. The summed E-state index contributed by atoms with van der Waals surface area (Å²) >= 11 is 0. The Morgan fingerprint density at radius 3 is 2.30 bits per heavy atom. The first-order valence-electron chi connectivity index (χ1n) is 12.8. The molecule has 8 nitrogen and oxygen atoms in total. The lowest BCUT2D eigenvalue weighted by molar-refractivity contribution is 0.0966. The minimum Gasteiger partial charge on any atom is -0.383 e. The molecule has 2 aliphatic rings. The second kappa shape index (κ2) is 10.3. The van der Waals surface area contributed by atoms with Crippen LogP contribution >= 0.6 is 0 Å². The van der Waals surface area contributed by atoms with Crippen LogP contribution in [0, 0.1) is 5.82 Å². The lowest BCUT2D eigenvalue weighted by Gasteiger charge is -2.43. The van der Waals surface area contributed by atoms with Crippen molar-refractivity contribution in [3.05, 3.63) is 85.0 Å². The fourth-order valence-electron chi connectivity index (χ4n) is 5.29. The van der Waals surface area contributed by atoms with E-state index in [9.17, 15) is 4.39 Å². The molecule has 1 atom stereocenters. The molecular weight excluding hydrogens is 467 g/mol. The lowest BCUT2D eigenvalue weighted by atomic mass is 10.0. The van der Waals surface area contributed by atoms with Crippen LogP contribution in [0.2, 0.25) is 0 Å². The van der Waals surface area contributed by atoms with E-state index in [2.05, 4.69) is 53.9 Å². The summed E-state index contributed by atoms with van der Waals surface area (Å²) in [6, 6.07) is 15.6. The molecule has 2 N–H and O–H groups in total. The molecule has 0 radical (unpaired) electrons. The van der Waals surface area contributed by atoms with Crippen molar-refractivity contribution in [1.29, 1.82) is 0 Å². The maximum atomic E-state index is 13.5. The number of likely N-dealkylation sites (tertiary alicyclic amines) is 1. The summed E-state index contributed by atoms with van der Waals surface area (Å²) in [5.41, 5.74) is 10.3. The van der Waals surface area contributed by atoms with E-state index >= 15 is 0 Å². The average molecular weight is 499 g/mol. The maximum absolute atomic E-state index is 13.5.